The first-order valence-electron chi connectivity index (χ1n) is 7.00. The molecule has 0 aliphatic carbocycles. The lowest BCUT2D eigenvalue weighted by Crippen LogP contribution is -2.22. The number of hydrogen-bond acceptors (Lipinski definition) is 3. The summed E-state index contributed by atoms with van der Waals surface area (Å²) in [6, 6.07) is 4.81. The van der Waals surface area contributed by atoms with Gasteiger partial charge >= 0.3 is 0 Å². The van der Waals surface area contributed by atoms with E-state index in [-0.39, 0.29) is 11.9 Å². The molecule has 0 aliphatic heterocycles. The SMILES string of the molecule is CNC(Cc1ncnn1CC(C)C)c1ccc(F)cc1Br. The molecule has 0 spiro atoms. The maximum Gasteiger partial charge on any atom is 0.138 e. The van der Waals surface area contributed by atoms with Crippen LogP contribution in [0.5, 0.6) is 0 Å². The average Bonchev–Trinajstić information content (AvgIpc) is 2.83. The van der Waals surface area contributed by atoms with Crippen molar-refractivity contribution >= 4 is 15.9 Å². The van der Waals surface area contributed by atoms with Gasteiger partial charge in [0, 0.05) is 23.5 Å². The van der Waals surface area contributed by atoms with Crippen LogP contribution in [0.15, 0.2) is 29.0 Å². The van der Waals surface area contributed by atoms with Crippen molar-refractivity contribution in [3.63, 3.8) is 0 Å². The van der Waals surface area contributed by atoms with E-state index in [4.69, 9.17) is 0 Å². The summed E-state index contributed by atoms with van der Waals surface area (Å²) in [5, 5.41) is 7.54. The lowest BCUT2D eigenvalue weighted by molar-refractivity contribution is 0.451. The van der Waals surface area contributed by atoms with E-state index in [1.54, 1.807) is 12.4 Å². The van der Waals surface area contributed by atoms with E-state index < -0.39 is 0 Å². The van der Waals surface area contributed by atoms with Crippen molar-refractivity contribution in [2.45, 2.75) is 32.9 Å². The third kappa shape index (κ3) is 4.11. The molecule has 0 radical (unpaired) electrons. The fourth-order valence-electron chi connectivity index (χ4n) is 2.28. The summed E-state index contributed by atoms with van der Waals surface area (Å²) < 4.78 is 15.9. The summed E-state index contributed by atoms with van der Waals surface area (Å²) >= 11 is 3.43. The number of nitrogens with one attached hydrogen (secondary N) is 1. The second-order valence-electron chi connectivity index (χ2n) is 5.46. The number of benzene rings is 1. The Kier molecular flexibility index (Phi) is 5.47. The van der Waals surface area contributed by atoms with Crippen molar-refractivity contribution in [2.75, 3.05) is 7.05 Å². The highest BCUT2D eigenvalue weighted by molar-refractivity contribution is 9.10. The van der Waals surface area contributed by atoms with Crippen LogP contribution in [0.25, 0.3) is 0 Å². The van der Waals surface area contributed by atoms with Crippen molar-refractivity contribution in [2.24, 2.45) is 5.92 Å². The van der Waals surface area contributed by atoms with E-state index in [1.807, 2.05) is 11.7 Å². The molecule has 0 amide bonds. The number of rotatable bonds is 6. The molecule has 1 unspecified atom stereocenters. The highest BCUT2D eigenvalue weighted by Crippen LogP contribution is 2.26. The lowest BCUT2D eigenvalue weighted by Gasteiger charge is -2.18. The number of hydrogen-bond donors (Lipinski definition) is 1. The van der Waals surface area contributed by atoms with E-state index in [1.165, 1.54) is 12.1 Å². The number of likely N-dealkylation sites (N-methyl/N-ethyl adjacent to an activating group) is 1. The molecule has 1 aromatic carbocycles. The normalized spacial score (nSPS) is 12.9. The third-order valence-corrected chi connectivity index (χ3v) is 3.99. The zero-order chi connectivity index (χ0) is 15.4. The van der Waals surface area contributed by atoms with Gasteiger partial charge in [-0.1, -0.05) is 35.8 Å². The van der Waals surface area contributed by atoms with Crippen LogP contribution in [0.2, 0.25) is 0 Å². The van der Waals surface area contributed by atoms with Gasteiger partial charge in [0.2, 0.25) is 0 Å². The minimum Gasteiger partial charge on any atom is -0.313 e. The molecule has 0 bridgehead atoms. The molecule has 1 atom stereocenters. The quantitative estimate of drug-likeness (QED) is 0.864. The van der Waals surface area contributed by atoms with Crippen molar-refractivity contribution in [3.05, 3.63) is 46.2 Å². The predicted molar refractivity (Wildman–Crippen MR) is 84.5 cm³/mol. The standard InChI is InChI=1S/C15H20BrFN4/c1-10(2)8-21-15(19-9-20-21)7-14(18-3)12-5-4-11(17)6-13(12)16/h4-6,9-10,14,18H,7-8H2,1-3H3. The molecule has 2 rings (SSSR count). The van der Waals surface area contributed by atoms with Crippen molar-refractivity contribution in [1.82, 2.24) is 20.1 Å². The second kappa shape index (κ2) is 7.13. The zero-order valence-corrected chi connectivity index (χ0v) is 14.1. The molecule has 1 aromatic heterocycles. The highest BCUT2D eigenvalue weighted by atomic mass is 79.9. The topological polar surface area (TPSA) is 42.7 Å². The Labute approximate surface area is 132 Å². The number of aromatic nitrogens is 3. The van der Waals surface area contributed by atoms with Crippen molar-refractivity contribution in [1.29, 1.82) is 0 Å². The van der Waals surface area contributed by atoms with Gasteiger partial charge in [-0.3, -0.25) is 0 Å². The average molecular weight is 355 g/mol. The molecule has 114 valence electrons. The van der Waals surface area contributed by atoms with Crippen molar-refractivity contribution in [3.8, 4) is 0 Å². The fraction of sp³-hybridized carbons (Fsp3) is 0.467. The Morgan fingerprint density at radius 1 is 1.38 bits per heavy atom. The van der Waals surface area contributed by atoms with E-state index >= 15 is 0 Å². The van der Waals surface area contributed by atoms with Gasteiger partial charge in [0.1, 0.15) is 18.0 Å². The van der Waals surface area contributed by atoms with Crippen LogP contribution in [-0.4, -0.2) is 21.8 Å². The van der Waals surface area contributed by atoms with Crippen LogP contribution in [0.3, 0.4) is 0 Å². The van der Waals surface area contributed by atoms with Gasteiger partial charge in [-0.05, 0) is 30.7 Å². The van der Waals surface area contributed by atoms with Gasteiger partial charge in [0.25, 0.3) is 0 Å². The first-order valence-corrected chi connectivity index (χ1v) is 7.79. The third-order valence-electron chi connectivity index (χ3n) is 3.31. The molecule has 2 aromatic rings. The zero-order valence-electron chi connectivity index (χ0n) is 12.5. The molecule has 0 saturated heterocycles. The van der Waals surface area contributed by atoms with Gasteiger partial charge in [0.05, 0.1) is 0 Å². The second-order valence-corrected chi connectivity index (χ2v) is 6.32. The van der Waals surface area contributed by atoms with Gasteiger partial charge in [-0.25, -0.2) is 14.1 Å². The molecule has 0 fully saturated rings. The van der Waals surface area contributed by atoms with Crippen LogP contribution in [0.1, 0.15) is 31.3 Å². The maximum atomic E-state index is 13.2. The van der Waals surface area contributed by atoms with E-state index in [9.17, 15) is 4.39 Å². The Morgan fingerprint density at radius 3 is 2.76 bits per heavy atom. The van der Waals surface area contributed by atoms with Crippen LogP contribution in [0, 0.1) is 11.7 Å². The molecular formula is C15H20BrFN4. The summed E-state index contributed by atoms with van der Waals surface area (Å²) in [5.41, 5.74) is 1.01. The van der Waals surface area contributed by atoms with Crippen LogP contribution >= 0.6 is 15.9 Å². The van der Waals surface area contributed by atoms with E-state index in [0.29, 0.717) is 12.3 Å². The molecule has 1 heterocycles. The minimum atomic E-state index is -0.247. The first-order chi connectivity index (χ1) is 10.0. The van der Waals surface area contributed by atoms with Gasteiger partial charge in [0.15, 0.2) is 0 Å². The predicted octanol–water partition coefficient (Wildman–Crippen LogP) is 3.34. The van der Waals surface area contributed by atoms with E-state index in [0.717, 1.165) is 22.4 Å². The summed E-state index contributed by atoms with van der Waals surface area (Å²) in [4.78, 5) is 4.35. The molecule has 1 N–H and O–H groups in total. The largest absolute Gasteiger partial charge is 0.313 e. The smallest absolute Gasteiger partial charge is 0.138 e. The minimum absolute atomic E-state index is 0.0510. The summed E-state index contributed by atoms with van der Waals surface area (Å²) in [6.45, 7) is 5.14. The lowest BCUT2D eigenvalue weighted by atomic mass is 10.0. The maximum absolute atomic E-state index is 13.2. The van der Waals surface area contributed by atoms with E-state index in [2.05, 4.69) is 45.2 Å². The monoisotopic (exact) mass is 354 g/mol. The van der Waals surface area contributed by atoms with Crippen LogP contribution in [-0.2, 0) is 13.0 Å². The highest BCUT2D eigenvalue weighted by Gasteiger charge is 2.17. The van der Waals surface area contributed by atoms with Crippen molar-refractivity contribution < 1.29 is 4.39 Å². The molecule has 0 aliphatic rings. The molecule has 4 nitrogen and oxygen atoms in total. The van der Waals surface area contributed by atoms with Gasteiger partial charge in [-0.2, -0.15) is 5.10 Å². The summed E-state index contributed by atoms with van der Waals surface area (Å²) in [7, 11) is 1.89. The van der Waals surface area contributed by atoms with Crippen LogP contribution in [0.4, 0.5) is 4.39 Å². The Balaban J connectivity index is 2.21. The fourth-order valence-corrected chi connectivity index (χ4v) is 2.91. The number of nitrogens with zero attached hydrogens (tertiary/aromatic N) is 3. The Hall–Kier alpha value is -1.27. The molecule has 6 heteroatoms. The van der Waals surface area contributed by atoms with Crippen LogP contribution < -0.4 is 5.32 Å². The molecule has 21 heavy (non-hydrogen) atoms. The Morgan fingerprint density at radius 2 is 2.14 bits per heavy atom. The number of halogens is 2. The van der Waals surface area contributed by atoms with Gasteiger partial charge < -0.3 is 5.32 Å². The molecular weight excluding hydrogens is 335 g/mol. The molecule has 0 saturated carbocycles. The first kappa shape index (κ1) is 16.1. The summed E-state index contributed by atoms with van der Waals surface area (Å²) in [6.07, 6.45) is 2.29. The Bertz CT molecular complexity index is 597. The van der Waals surface area contributed by atoms with Gasteiger partial charge in [-0.15, -0.1) is 0 Å². The summed E-state index contributed by atoms with van der Waals surface area (Å²) in [5.74, 6) is 1.19.